The summed E-state index contributed by atoms with van der Waals surface area (Å²) in [6.45, 7) is 6.62. The quantitative estimate of drug-likeness (QED) is 0.314. The zero-order valence-electron chi connectivity index (χ0n) is 17.0. The van der Waals surface area contributed by atoms with Crippen molar-refractivity contribution in [1.82, 2.24) is 30.4 Å². The highest BCUT2D eigenvalue weighted by molar-refractivity contribution is 5.86. The van der Waals surface area contributed by atoms with E-state index < -0.39 is 0 Å². The number of rotatable bonds is 8. The van der Waals surface area contributed by atoms with Gasteiger partial charge < -0.3 is 24.9 Å². The van der Waals surface area contributed by atoms with Crippen LogP contribution in [-0.2, 0) is 24.8 Å². The Balaban J connectivity index is 1.63. The van der Waals surface area contributed by atoms with E-state index in [1.54, 1.807) is 7.11 Å². The van der Waals surface area contributed by atoms with Gasteiger partial charge in [0.05, 0.1) is 6.61 Å². The molecule has 3 aromatic rings. The molecule has 2 aromatic heterocycles. The molecule has 3 N–H and O–H groups in total. The molecule has 0 aliphatic carbocycles. The smallest absolute Gasteiger partial charge is 0.191 e. The first kappa shape index (κ1) is 19.9. The largest absolute Gasteiger partial charge is 0.383 e. The molecule has 8 heteroatoms. The maximum Gasteiger partial charge on any atom is 0.191 e. The number of aryl methyl sites for hydroxylation is 2. The highest BCUT2D eigenvalue weighted by atomic mass is 16.5. The van der Waals surface area contributed by atoms with Crippen molar-refractivity contribution in [2.24, 2.45) is 12.0 Å². The maximum atomic E-state index is 5.13. The lowest BCUT2D eigenvalue weighted by Gasteiger charge is -2.12. The van der Waals surface area contributed by atoms with Crippen molar-refractivity contribution in [1.29, 1.82) is 0 Å². The SMILES string of the molecule is COCCNC(=NCc1nnc(C)n1C)NCCc1c[nH]c2cccc(C)c12. The van der Waals surface area contributed by atoms with E-state index >= 15 is 0 Å². The number of aliphatic imine (C=N–C) groups is 1. The van der Waals surface area contributed by atoms with Crippen LogP contribution in [0.1, 0.15) is 22.8 Å². The lowest BCUT2D eigenvalue weighted by molar-refractivity contribution is 0.203. The fourth-order valence-electron chi connectivity index (χ4n) is 3.15. The third-order valence-corrected chi connectivity index (χ3v) is 4.84. The van der Waals surface area contributed by atoms with Crippen LogP contribution in [0, 0.1) is 13.8 Å². The first-order valence-electron chi connectivity index (χ1n) is 9.51. The van der Waals surface area contributed by atoms with Gasteiger partial charge >= 0.3 is 0 Å². The van der Waals surface area contributed by atoms with E-state index in [-0.39, 0.29) is 0 Å². The number of hydrogen-bond acceptors (Lipinski definition) is 4. The van der Waals surface area contributed by atoms with Gasteiger partial charge in [-0.3, -0.25) is 0 Å². The Hall–Kier alpha value is -2.87. The molecule has 0 unspecified atom stereocenters. The summed E-state index contributed by atoms with van der Waals surface area (Å²) < 4.78 is 7.08. The molecule has 150 valence electrons. The van der Waals surface area contributed by atoms with Crippen molar-refractivity contribution in [2.45, 2.75) is 26.8 Å². The molecule has 3 rings (SSSR count). The molecule has 2 heterocycles. The van der Waals surface area contributed by atoms with Crippen LogP contribution in [0.5, 0.6) is 0 Å². The number of hydrogen-bond donors (Lipinski definition) is 3. The molecular weight excluding hydrogens is 354 g/mol. The van der Waals surface area contributed by atoms with E-state index in [2.05, 4.69) is 62.1 Å². The summed E-state index contributed by atoms with van der Waals surface area (Å²) in [6, 6.07) is 6.34. The Kier molecular flexibility index (Phi) is 6.65. The molecular formula is C20H29N7O. The van der Waals surface area contributed by atoms with Gasteiger partial charge in [-0.25, -0.2) is 4.99 Å². The van der Waals surface area contributed by atoms with E-state index in [4.69, 9.17) is 4.74 Å². The minimum absolute atomic E-state index is 0.464. The first-order chi connectivity index (χ1) is 13.6. The number of ether oxygens (including phenoxy) is 1. The number of aromatic amines is 1. The molecule has 0 radical (unpaired) electrons. The second-order valence-corrected chi connectivity index (χ2v) is 6.80. The third-order valence-electron chi connectivity index (χ3n) is 4.84. The van der Waals surface area contributed by atoms with Gasteiger partial charge in [0.2, 0.25) is 0 Å². The lowest BCUT2D eigenvalue weighted by Crippen LogP contribution is -2.40. The fraction of sp³-hybridized carbons (Fsp3) is 0.450. The van der Waals surface area contributed by atoms with Crippen LogP contribution in [0.15, 0.2) is 29.4 Å². The van der Waals surface area contributed by atoms with Crippen LogP contribution in [0.4, 0.5) is 0 Å². The molecule has 0 atom stereocenters. The predicted molar refractivity (Wildman–Crippen MR) is 112 cm³/mol. The van der Waals surface area contributed by atoms with Crippen LogP contribution in [0.25, 0.3) is 10.9 Å². The van der Waals surface area contributed by atoms with Crippen molar-refractivity contribution in [3.05, 3.63) is 47.2 Å². The average Bonchev–Trinajstić information content (AvgIpc) is 3.24. The molecule has 1 aromatic carbocycles. The molecule has 0 aliphatic heterocycles. The molecule has 0 aliphatic rings. The van der Waals surface area contributed by atoms with Gasteiger partial charge in [-0.2, -0.15) is 0 Å². The van der Waals surface area contributed by atoms with Crippen molar-refractivity contribution in [3.8, 4) is 0 Å². The van der Waals surface area contributed by atoms with Crippen molar-refractivity contribution >= 4 is 16.9 Å². The summed E-state index contributed by atoms with van der Waals surface area (Å²) in [6.07, 6.45) is 3.00. The summed E-state index contributed by atoms with van der Waals surface area (Å²) in [5, 5.41) is 16.3. The number of fused-ring (bicyclic) bond motifs is 1. The Morgan fingerprint density at radius 1 is 1.21 bits per heavy atom. The number of nitrogens with zero attached hydrogens (tertiary/aromatic N) is 4. The van der Waals surface area contributed by atoms with Gasteiger partial charge in [-0.15, -0.1) is 10.2 Å². The Bertz CT molecular complexity index is 941. The number of benzene rings is 1. The van der Waals surface area contributed by atoms with Crippen LogP contribution >= 0.6 is 0 Å². The highest BCUT2D eigenvalue weighted by Gasteiger charge is 2.08. The van der Waals surface area contributed by atoms with E-state index in [0.717, 1.165) is 30.6 Å². The van der Waals surface area contributed by atoms with Gasteiger partial charge in [-0.05, 0) is 37.5 Å². The van der Waals surface area contributed by atoms with Crippen LogP contribution < -0.4 is 10.6 Å². The van der Waals surface area contributed by atoms with Crippen LogP contribution in [0.2, 0.25) is 0 Å². The molecule has 0 fully saturated rings. The van der Waals surface area contributed by atoms with Crippen molar-refractivity contribution in [2.75, 3.05) is 26.8 Å². The fourth-order valence-corrected chi connectivity index (χ4v) is 3.15. The summed E-state index contributed by atoms with van der Waals surface area (Å²) in [5.74, 6) is 2.45. The monoisotopic (exact) mass is 383 g/mol. The Labute approximate surface area is 165 Å². The molecule has 8 nitrogen and oxygen atoms in total. The summed E-state index contributed by atoms with van der Waals surface area (Å²) >= 11 is 0. The number of methoxy groups -OCH3 is 1. The molecule has 28 heavy (non-hydrogen) atoms. The minimum atomic E-state index is 0.464. The first-order valence-corrected chi connectivity index (χ1v) is 9.51. The standard InChI is InChI=1S/C20H29N7O/c1-14-6-5-7-17-19(14)16(12-23-17)8-9-21-20(22-10-11-28-4)24-13-18-26-25-15(2)27(18)3/h5-7,12,23H,8-11,13H2,1-4H3,(H2,21,22,24). The molecule has 0 saturated heterocycles. The van der Waals surface area contributed by atoms with Gasteiger partial charge in [0.1, 0.15) is 12.4 Å². The van der Waals surface area contributed by atoms with Gasteiger partial charge in [-0.1, -0.05) is 12.1 Å². The maximum absolute atomic E-state index is 5.13. The lowest BCUT2D eigenvalue weighted by atomic mass is 10.1. The van der Waals surface area contributed by atoms with Gasteiger partial charge in [0.15, 0.2) is 11.8 Å². The van der Waals surface area contributed by atoms with E-state index in [9.17, 15) is 0 Å². The molecule has 0 amide bonds. The molecule has 0 bridgehead atoms. The summed E-state index contributed by atoms with van der Waals surface area (Å²) in [5.41, 5.74) is 3.78. The molecule has 0 saturated carbocycles. The summed E-state index contributed by atoms with van der Waals surface area (Å²) in [7, 11) is 3.64. The van der Waals surface area contributed by atoms with E-state index in [0.29, 0.717) is 19.7 Å². The normalized spacial score (nSPS) is 11.9. The zero-order chi connectivity index (χ0) is 19.9. The number of guanidine groups is 1. The number of aromatic nitrogens is 4. The molecule has 0 spiro atoms. The Morgan fingerprint density at radius 2 is 2.04 bits per heavy atom. The summed E-state index contributed by atoms with van der Waals surface area (Å²) in [4.78, 5) is 8.00. The second kappa shape index (κ2) is 9.36. The average molecular weight is 384 g/mol. The van der Waals surface area contributed by atoms with Crippen molar-refractivity contribution < 1.29 is 4.74 Å². The van der Waals surface area contributed by atoms with Crippen LogP contribution in [-0.4, -0.2) is 52.5 Å². The third kappa shape index (κ3) is 4.69. The van der Waals surface area contributed by atoms with E-state index in [1.165, 1.54) is 22.0 Å². The predicted octanol–water partition coefficient (Wildman–Crippen LogP) is 1.84. The zero-order valence-corrected chi connectivity index (χ0v) is 17.0. The Morgan fingerprint density at radius 3 is 2.79 bits per heavy atom. The highest BCUT2D eigenvalue weighted by Crippen LogP contribution is 2.22. The van der Waals surface area contributed by atoms with Crippen LogP contribution in [0.3, 0.4) is 0 Å². The van der Waals surface area contributed by atoms with Crippen molar-refractivity contribution in [3.63, 3.8) is 0 Å². The number of H-pyrrole nitrogens is 1. The number of nitrogens with one attached hydrogen (secondary N) is 3. The second-order valence-electron chi connectivity index (χ2n) is 6.80. The topological polar surface area (TPSA) is 92.2 Å². The van der Waals surface area contributed by atoms with Gasteiger partial charge in [0.25, 0.3) is 0 Å². The van der Waals surface area contributed by atoms with Gasteiger partial charge in [0, 0.05) is 44.3 Å². The minimum Gasteiger partial charge on any atom is -0.383 e. The van der Waals surface area contributed by atoms with E-state index in [1.807, 2.05) is 18.5 Å².